The quantitative estimate of drug-likeness (QED) is 0.834. The Morgan fingerprint density at radius 1 is 1.42 bits per heavy atom. The van der Waals surface area contributed by atoms with Crippen molar-refractivity contribution in [3.05, 3.63) is 23.8 Å². The molecule has 4 heteroatoms. The first-order valence-electron chi connectivity index (χ1n) is 6.61. The molecule has 1 aromatic carbocycles. The number of hydrogen-bond acceptors (Lipinski definition) is 4. The number of nitriles is 1. The van der Waals surface area contributed by atoms with Gasteiger partial charge in [0.2, 0.25) is 0 Å². The summed E-state index contributed by atoms with van der Waals surface area (Å²) >= 11 is 0. The summed E-state index contributed by atoms with van der Waals surface area (Å²) in [4.78, 5) is 2.15. The molecular formula is C15H20N2O2. The van der Waals surface area contributed by atoms with Gasteiger partial charge in [0.25, 0.3) is 0 Å². The number of rotatable bonds is 4. The van der Waals surface area contributed by atoms with Crippen molar-refractivity contribution >= 4 is 5.69 Å². The van der Waals surface area contributed by atoms with Crippen LogP contribution in [0.1, 0.15) is 18.4 Å². The fourth-order valence-corrected chi connectivity index (χ4v) is 2.46. The van der Waals surface area contributed by atoms with Crippen LogP contribution < -0.4 is 9.64 Å². The van der Waals surface area contributed by atoms with E-state index >= 15 is 0 Å². The van der Waals surface area contributed by atoms with Crippen LogP contribution >= 0.6 is 0 Å². The van der Waals surface area contributed by atoms with E-state index in [2.05, 4.69) is 11.0 Å². The molecule has 0 amide bonds. The molecule has 1 heterocycles. The minimum absolute atomic E-state index is 0.636. The molecule has 1 aliphatic heterocycles. The number of anilines is 1. The van der Waals surface area contributed by atoms with E-state index in [4.69, 9.17) is 9.47 Å². The first kappa shape index (κ1) is 13.7. The van der Waals surface area contributed by atoms with Crippen LogP contribution in [0.4, 0.5) is 5.69 Å². The van der Waals surface area contributed by atoms with Gasteiger partial charge in [0.15, 0.2) is 0 Å². The molecule has 0 spiro atoms. The van der Waals surface area contributed by atoms with E-state index in [1.54, 1.807) is 7.11 Å². The van der Waals surface area contributed by atoms with E-state index in [9.17, 15) is 5.26 Å². The third kappa shape index (κ3) is 3.39. The summed E-state index contributed by atoms with van der Waals surface area (Å²) in [6, 6.07) is 7.81. The molecule has 1 fully saturated rings. The van der Waals surface area contributed by atoms with Crippen LogP contribution in [0.5, 0.6) is 5.75 Å². The molecule has 0 radical (unpaired) electrons. The van der Waals surface area contributed by atoms with Crippen LogP contribution in [-0.4, -0.2) is 33.9 Å². The van der Waals surface area contributed by atoms with Gasteiger partial charge in [-0.1, -0.05) is 0 Å². The van der Waals surface area contributed by atoms with Gasteiger partial charge < -0.3 is 14.4 Å². The molecule has 102 valence electrons. The maximum atomic E-state index is 9.20. The lowest BCUT2D eigenvalue weighted by atomic mass is 9.99. The monoisotopic (exact) mass is 260 g/mol. The second kappa shape index (κ2) is 6.44. The first-order valence-corrected chi connectivity index (χ1v) is 6.61. The average molecular weight is 260 g/mol. The van der Waals surface area contributed by atoms with Crippen molar-refractivity contribution in [2.45, 2.75) is 12.8 Å². The predicted octanol–water partition coefficient (Wildman–Crippen LogP) is 2.43. The van der Waals surface area contributed by atoms with Crippen LogP contribution in [0, 0.1) is 17.2 Å². The molecule has 0 aromatic heterocycles. The second-order valence-corrected chi connectivity index (χ2v) is 4.93. The molecule has 4 nitrogen and oxygen atoms in total. The van der Waals surface area contributed by atoms with Gasteiger partial charge in [-0.25, -0.2) is 0 Å². The molecule has 0 aliphatic carbocycles. The van der Waals surface area contributed by atoms with Crippen LogP contribution in [0.15, 0.2) is 18.2 Å². The zero-order valence-corrected chi connectivity index (χ0v) is 11.6. The van der Waals surface area contributed by atoms with Crippen molar-refractivity contribution < 1.29 is 9.47 Å². The maximum Gasteiger partial charge on any atom is 0.121 e. The summed E-state index contributed by atoms with van der Waals surface area (Å²) < 4.78 is 10.6. The van der Waals surface area contributed by atoms with Crippen LogP contribution in [0.3, 0.4) is 0 Å². The Morgan fingerprint density at radius 2 is 2.16 bits per heavy atom. The number of methoxy groups -OCH3 is 1. The van der Waals surface area contributed by atoms with Crippen molar-refractivity contribution in [3.63, 3.8) is 0 Å². The highest BCUT2D eigenvalue weighted by molar-refractivity contribution is 5.61. The summed E-state index contributed by atoms with van der Waals surface area (Å²) in [6.07, 6.45) is 2.19. The van der Waals surface area contributed by atoms with Crippen LogP contribution in [0.2, 0.25) is 0 Å². The minimum Gasteiger partial charge on any atom is -0.497 e. The molecule has 0 bridgehead atoms. The summed E-state index contributed by atoms with van der Waals surface area (Å²) in [6.45, 7) is 2.65. The Kier molecular flexibility index (Phi) is 4.64. The van der Waals surface area contributed by atoms with E-state index in [1.165, 1.54) is 0 Å². The number of nitrogens with zero attached hydrogens (tertiary/aromatic N) is 2. The van der Waals surface area contributed by atoms with Gasteiger partial charge in [0.1, 0.15) is 11.8 Å². The van der Waals surface area contributed by atoms with Gasteiger partial charge in [-0.2, -0.15) is 5.26 Å². The van der Waals surface area contributed by atoms with Crippen molar-refractivity contribution in [3.8, 4) is 11.8 Å². The Hall–Kier alpha value is -1.73. The van der Waals surface area contributed by atoms with Crippen LogP contribution in [0.25, 0.3) is 0 Å². The molecule has 0 unspecified atom stereocenters. The van der Waals surface area contributed by atoms with E-state index in [0.717, 1.165) is 44.0 Å². The van der Waals surface area contributed by atoms with E-state index in [0.29, 0.717) is 11.5 Å². The number of benzene rings is 1. The fraction of sp³-hybridized carbons (Fsp3) is 0.533. The van der Waals surface area contributed by atoms with E-state index < -0.39 is 0 Å². The smallest absolute Gasteiger partial charge is 0.121 e. The molecule has 0 atom stereocenters. The van der Waals surface area contributed by atoms with E-state index in [-0.39, 0.29) is 0 Å². The van der Waals surface area contributed by atoms with Gasteiger partial charge >= 0.3 is 0 Å². The lowest BCUT2D eigenvalue weighted by Crippen LogP contribution is -2.30. The normalized spacial score (nSPS) is 15.8. The molecule has 19 heavy (non-hydrogen) atoms. The summed E-state index contributed by atoms with van der Waals surface area (Å²) in [5.41, 5.74) is 1.63. The summed E-state index contributed by atoms with van der Waals surface area (Å²) in [5.74, 6) is 1.42. The first-order chi connectivity index (χ1) is 9.24. The molecule has 1 saturated heterocycles. The topological polar surface area (TPSA) is 45.5 Å². The highest BCUT2D eigenvalue weighted by Gasteiger charge is 2.17. The highest BCUT2D eigenvalue weighted by atomic mass is 16.5. The Bertz CT molecular complexity index is 462. The third-order valence-electron chi connectivity index (χ3n) is 3.61. The molecule has 2 rings (SSSR count). The SMILES string of the molecule is COc1ccc(C#N)c(N(C)CC2CCOCC2)c1. The van der Waals surface area contributed by atoms with Gasteiger partial charge in [0.05, 0.1) is 18.4 Å². The zero-order valence-electron chi connectivity index (χ0n) is 11.6. The Morgan fingerprint density at radius 3 is 2.79 bits per heavy atom. The number of ether oxygens (including phenoxy) is 2. The predicted molar refractivity (Wildman–Crippen MR) is 74.5 cm³/mol. The van der Waals surface area contributed by atoms with Crippen molar-refractivity contribution in [1.29, 1.82) is 5.26 Å². The standard InChI is InChI=1S/C15H20N2O2/c1-17(11-12-5-7-19-8-6-12)15-9-14(18-2)4-3-13(15)10-16/h3-4,9,12H,5-8,11H2,1-2H3. The van der Waals surface area contributed by atoms with Crippen molar-refractivity contribution in [2.24, 2.45) is 5.92 Å². The Labute approximate surface area is 114 Å². The van der Waals surface area contributed by atoms with Crippen LogP contribution in [-0.2, 0) is 4.74 Å². The lowest BCUT2D eigenvalue weighted by molar-refractivity contribution is 0.0685. The second-order valence-electron chi connectivity index (χ2n) is 4.93. The lowest BCUT2D eigenvalue weighted by Gasteiger charge is -2.29. The van der Waals surface area contributed by atoms with Gasteiger partial charge in [-0.15, -0.1) is 0 Å². The fourth-order valence-electron chi connectivity index (χ4n) is 2.46. The molecule has 1 aliphatic rings. The molecule has 1 aromatic rings. The minimum atomic E-state index is 0.636. The largest absolute Gasteiger partial charge is 0.497 e. The molecule has 0 saturated carbocycles. The van der Waals surface area contributed by atoms with Crippen molar-refractivity contribution in [1.82, 2.24) is 0 Å². The summed E-state index contributed by atoms with van der Waals surface area (Å²) in [7, 11) is 3.68. The number of hydrogen-bond donors (Lipinski definition) is 0. The maximum absolute atomic E-state index is 9.20. The Balaban J connectivity index is 2.12. The zero-order chi connectivity index (χ0) is 13.7. The summed E-state index contributed by atoms with van der Waals surface area (Å²) in [5, 5.41) is 9.20. The molecular weight excluding hydrogens is 240 g/mol. The van der Waals surface area contributed by atoms with Gasteiger partial charge in [-0.3, -0.25) is 0 Å². The van der Waals surface area contributed by atoms with E-state index in [1.807, 2.05) is 25.2 Å². The average Bonchev–Trinajstić information content (AvgIpc) is 2.47. The third-order valence-corrected chi connectivity index (χ3v) is 3.61. The van der Waals surface area contributed by atoms with Gasteiger partial charge in [-0.05, 0) is 30.9 Å². The highest BCUT2D eigenvalue weighted by Crippen LogP contribution is 2.27. The van der Waals surface area contributed by atoms with Crippen molar-refractivity contribution in [2.75, 3.05) is 38.8 Å². The molecule has 0 N–H and O–H groups in total. The van der Waals surface area contributed by atoms with Gasteiger partial charge in [0, 0.05) is 32.9 Å².